The van der Waals surface area contributed by atoms with Crippen molar-refractivity contribution >= 4 is 69.6 Å². The predicted octanol–water partition coefficient (Wildman–Crippen LogP) is 2.58. The van der Waals surface area contributed by atoms with E-state index >= 15 is 0 Å². The summed E-state index contributed by atoms with van der Waals surface area (Å²) in [6, 6.07) is 0. The van der Waals surface area contributed by atoms with E-state index in [1.807, 2.05) is 0 Å². The van der Waals surface area contributed by atoms with Crippen molar-refractivity contribution in [1.82, 2.24) is 0 Å². The maximum atomic E-state index is 8.25. The summed E-state index contributed by atoms with van der Waals surface area (Å²) >= 11 is 35.3. The van der Waals surface area contributed by atoms with Gasteiger partial charge in [0.2, 0.25) is 0 Å². The molecule has 0 amide bonds. The van der Waals surface area contributed by atoms with Gasteiger partial charge in [-0.1, -0.05) is 0 Å². The Morgan fingerprint density at radius 3 is 0.778 bits per heavy atom. The molecule has 1 radical (unpaired) electrons. The molecule has 0 atom stereocenters. The molecule has 1 fully saturated rings. The van der Waals surface area contributed by atoms with Crippen LogP contribution in [0, 0.1) is 15.3 Å². The van der Waals surface area contributed by atoms with E-state index in [1.165, 1.54) is 0 Å². The van der Waals surface area contributed by atoms with Gasteiger partial charge in [-0.2, -0.15) is 0 Å². The molecule has 5 nitrogen and oxygen atoms in total. The number of rotatable bonds is 0. The van der Waals surface area contributed by atoms with Gasteiger partial charge in [-0.15, -0.1) is 69.6 Å². The molecule has 1 aliphatic carbocycles. The van der Waals surface area contributed by atoms with Gasteiger partial charge < -0.3 is 20.8 Å². The van der Waals surface area contributed by atoms with E-state index in [0.29, 0.717) is 0 Å². The SMILES string of the molecule is ClC1C(Cl)C(Cl)C(Cl)C(Cl)C1Cl.O.O=[N+]([O-])[O-].[Co]. The zero-order chi connectivity index (χ0) is 13.0. The Kier molecular flexibility index (Phi) is 15.1. The number of halogens is 6. The fourth-order valence-corrected chi connectivity index (χ4v) is 3.38. The van der Waals surface area contributed by atoms with Crippen LogP contribution in [-0.4, -0.2) is 42.8 Å². The van der Waals surface area contributed by atoms with Crippen molar-refractivity contribution in [3.05, 3.63) is 15.3 Å². The Morgan fingerprint density at radius 2 is 0.722 bits per heavy atom. The molecule has 18 heavy (non-hydrogen) atoms. The minimum Gasteiger partial charge on any atom is -0.412 e. The summed E-state index contributed by atoms with van der Waals surface area (Å²) in [6.45, 7) is 0. The van der Waals surface area contributed by atoms with Crippen LogP contribution in [0.2, 0.25) is 0 Å². The summed E-state index contributed by atoms with van der Waals surface area (Å²) in [7, 11) is 0. The standard InChI is InChI=1S/C6H6Cl6.Co.NO3.H2O/c7-1-2(8)4(10)6(12)5(11)3(1)9;;2-1(3)4;/h1-6H;;;1H2/q;;-1;. The molecule has 113 valence electrons. The third kappa shape index (κ3) is 7.26. The van der Waals surface area contributed by atoms with Crippen molar-refractivity contribution in [2.24, 2.45) is 0 Å². The molecule has 0 spiro atoms. The van der Waals surface area contributed by atoms with E-state index in [9.17, 15) is 0 Å². The van der Waals surface area contributed by atoms with E-state index in [4.69, 9.17) is 84.9 Å². The topological polar surface area (TPSA) is 97.7 Å². The van der Waals surface area contributed by atoms with Gasteiger partial charge in [0, 0.05) is 16.8 Å². The van der Waals surface area contributed by atoms with Crippen LogP contribution in [0.4, 0.5) is 0 Å². The monoisotopic (exact) mass is 427 g/mol. The third-order valence-corrected chi connectivity index (χ3v) is 5.86. The zero-order valence-corrected chi connectivity index (χ0v) is 13.8. The normalized spacial score (nSPS) is 38.3. The molecule has 0 heterocycles. The maximum Gasteiger partial charge on any atom is 0.0693 e. The van der Waals surface area contributed by atoms with Crippen molar-refractivity contribution in [3.63, 3.8) is 0 Å². The van der Waals surface area contributed by atoms with Crippen molar-refractivity contribution in [2.45, 2.75) is 32.3 Å². The summed E-state index contributed by atoms with van der Waals surface area (Å²) in [5, 5.41) is 12.1. The second kappa shape index (κ2) is 11.1. The van der Waals surface area contributed by atoms with Crippen molar-refractivity contribution < 1.29 is 27.3 Å². The molecule has 2 N–H and O–H groups in total. The molecule has 1 rings (SSSR count). The summed E-state index contributed by atoms with van der Waals surface area (Å²) in [4.78, 5) is 8.25. The second-order valence-corrected chi connectivity index (χ2v) is 5.91. The largest absolute Gasteiger partial charge is 0.412 e. The van der Waals surface area contributed by atoms with Gasteiger partial charge in [-0.25, -0.2) is 0 Å². The Labute approximate surface area is 144 Å². The molecule has 0 aromatic heterocycles. The Balaban J connectivity index is -0.000000332. The molecule has 1 aliphatic rings. The van der Waals surface area contributed by atoms with Crippen LogP contribution in [0.15, 0.2) is 0 Å². The van der Waals surface area contributed by atoms with Gasteiger partial charge in [0.15, 0.2) is 0 Å². The number of nitrogens with zero attached hydrogens (tertiary/aromatic N) is 1. The average Bonchev–Trinajstić information content (AvgIpc) is 2.20. The number of hydrogen-bond acceptors (Lipinski definition) is 3. The van der Waals surface area contributed by atoms with Crippen LogP contribution in [0.25, 0.3) is 0 Å². The molecule has 1 saturated carbocycles. The van der Waals surface area contributed by atoms with E-state index in [-0.39, 0.29) is 22.3 Å². The fraction of sp³-hybridized carbons (Fsp3) is 1.00. The maximum absolute atomic E-state index is 8.25. The first kappa shape index (κ1) is 24.4. The van der Waals surface area contributed by atoms with Crippen molar-refractivity contribution in [3.8, 4) is 0 Å². The molecule has 0 aromatic rings. The molecule has 0 saturated heterocycles. The zero-order valence-electron chi connectivity index (χ0n) is 8.24. The van der Waals surface area contributed by atoms with E-state index in [0.717, 1.165) is 0 Å². The Hall–Kier alpha value is 1.41. The average molecular weight is 430 g/mol. The Morgan fingerprint density at radius 1 is 0.667 bits per heavy atom. The minimum atomic E-state index is -1.75. The first-order valence-corrected chi connectivity index (χ1v) is 6.48. The van der Waals surface area contributed by atoms with Crippen molar-refractivity contribution in [1.29, 1.82) is 0 Å². The van der Waals surface area contributed by atoms with Crippen LogP contribution in [0.3, 0.4) is 0 Å². The first-order chi connectivity index (χ1) is 7.20. The van der Waals surface area contributed by atoms with Crippen LogP contribution >= 0.6 is 69.6 Å². The van der Waals surface area contributed by atoms with Gasteiger partial charge in [0.1, 0.15) is 0 Å². The second-order valence-electron chi connectivity index (χ2n) is 2.89. The van der Waals surface area contributed by atoms with Crippen LogP contribution in [0.5, 0.6) is 0 Å². The molecule has 0 unspecified atom stereocenters. The third-order valence-electron chi connectivity index (χ3n) is 1.83. The number of alkyl halides is 6. The van der Waals surface area contributed by atoms with E-state index < -0.39 is 37.3 Å². The summed E-state index contributed by atoms with van der Waals surface area (Å²) in [6.07, 6.45) is 0. The van der Waals surface area contributed by atoms with Crippen molar-refractivity contribution in [2.75, 3.05) is 0 Å². The van der Waals surface area contributed by atoms with Gasteiger partial charge in [-0.05, 0) is 0 Å². The molecule has 12 heteroatoms. The van der Waals surface area contributed by atoms with Gasteiger partial charge >= 0.3 is 0 Å². The fourth-order valence-electron chi connectivity index (χ4n) is 1.05. The summed E-state index contributed by atoms with van der Waals surface area (Å²) in [5.74, 6) is 0. The van der Waals surface area contributed by atoms with Gasteiger partial charge in [0.05, 0.1) is 37.3 Å². The van der Waals surface area contributed by atoms with E-state index in [1.54, 1.807) is 0 Å². The predicted molar refractivity (Wildman–Crippen MR) is 71.8 cm³/mol. The molecular formula is C6H8Cl6CoNO4-. The molecule has 0 aliphatic heterocycles. The molecule has 0 aromatic carbocycles. The van der Waals surface area contributed by atoms with Crippen LogP contribution < -0.4 is 0 Å². The molecule has 0 bridgehead atoms. The van der Waals surface area contributed by atoms with Gasteiger partial charge in [0.25, 0.3) is 0 Å². The first-order valence-electron chi connectivity index (χ1n) is 3.86. The van der Waals surface area contributed by atoms with E-state index in [2.05, 4.69) is 0 Å². The summed E-state index contributed by atoms with van der Waals surface area (Å²) < 4.78 is 0. The quantitative estimate of drug-likeness (QED) is 0.336. The smallest absolute Gasteiger partial charge is 0.0693 e. The minimum absolute atomic E-state index is 0. The summed E-state index contributed by atoms with van der Waals surface area (Å²) in [5.41, 5.74) is 0. The van der Waals surface area contributed by atoms with Crippen LogP contribution in [-0.2, 0) is 16.8 Å². The van der Waals surface area contributed by atoms with Crippen LogP contribution in [0.1, 0.15) is 0 Å². The van der Waals surface area contributed by atoms with Gasteiger partial charge in [-0.3, -0.25) is 0 Å². The molecular weight excluding hydrogens is 422 g/mol. The number of hydrogen-bond donors (Lipinski definition) is 0. The Bertz CT molecular complexity index is 190.